The van der Waals surface area contributed by atoms with Crippen LogP contribution in [0.5, 0.6) is 5.75 Å². The van der Waals surface area contributed by atoms with Crippen LogP contribution in [0.4, 0.5) is 16.2 Å². The number of carbonyl (C=O) groups is 3. The second-order valence-electron chi connectivity index (χ2n) is 8.92. The SMILES string of the molecule is CC(C)(C)OC(=O)N1CCN2c3ccc(NC4CCC(=O)NC4=O)cc3OC[C@H]2C1. The molecule has 1 aromatic carbocycles. The van der Waals surface area contributed by atoms with E-state index in [2.05, 4.69) is 15.5 Å². The smallest absolute Gasteiger partial charge is 0.410 e. The summed E-state index contributed by atoms with van der Waals surface area (Å²) in [5, 5.41) is 5.54. The van der Waals surface area contributed by atoms with Crippen LogP contribution in [-0.2, 0) is 14.3 Å². The highest BCUT2D eigenvalue weighted by molar-refractivity contribution is 6.01. The maximum absolute atomic E-state index is 12.4. The second-order valence-corrected chi connectivity index (χ2v) is 8.92. The number of hydrogen-bond acceptors (Lipinski definition) is 7. The molecule has 0 radical (unpaired) electrons. The standard InChI is InChI=1S/C21H28N4O5/c1-21(2,3)30-20(28)24-8-9-25-14(11-24)12-29-17-10-13(4-6-16(17)25)22-15-5-7-18(26)23-19(15)27/h4,6,10,14-15,22H,5,7-9,11-12H2,1-3H3,(H,23,26,27)/t14-,15?/m1/s1. The predicted octanol–water partition coefficient (Wildman–Crippen LogP) is 1.72. The Bertz CT molecular complexity index is 865. The van der Waals surface area contributed by atoms with Crippen LogP contribution < -0.4 is 20.3 Å². The van der Waals surface area contributed by atoms with Gasteiger partial charge in [-0.15, -0.1) is 0 Å². The van der Waals surface area contributed by atoms with Gasteiger partial charge in [0.05, 0.1) is 11.7 Å². The Labute approximate surface area is 175 Å². The lowest BCUT2D eigenvalue weighted by Crippen LogP contribution is -2.59. The van der Waals surface area contributed by atoms with Crippen LogP contribution in [0.25, 0.3) is 0 Å². The van der Waals surface area contributed by atoms with E-state index in [0.29, 0.717) is 39.1 Å². The van der Waals surface area contributed by atoms with Crippen molar-refractivity contribution in [2.75, 3.05) is 36.5 Å². The molecule has 30 heavy (non-hydrogen) atoms. The largest absolute Gasteiger partial charge is 0.489 e. The number of piperazine rings is 1. The topological polar surface area (TPSA) is 100 Å². The number of anilines is 2. The molecule has 1 unspecified atom stereocenters. The minimum atomic E-state index is -0.518. The zero-order chi connectivity index (χ0) is 21.5. The summed E-state index contributed by atoms with van der Waals surface area (Å²) < 4.78 is 11.5. The molecule has 0 bridgehead atoms. The van der Waals surface area contributed by atoms with Crippen molar-refractivity contribution in [2.24, 2.45) is 0 Å². The maximum atomic E-state index is 12.4. The molecule has 0 aliphatic carbocycles. The Morgan fingerprint density at radius 2 is 2.07 bits per heavy atom. The molecule has 0 aromatic heterocycles. The van der Waals surface area contributed by atoms with E-state index in [4.69, 9.17) is 9.47 Å². The summed E-state index contributed by atoms with van der Waals surface area (Å²) in [7, 11) is 0. The van der Waals surface area contributed by atoms with Crippen molar-refractivity contribution < 1.29 is 23.9 Å². The van der Waals surface area contributed by atoms with Crippen molar-refractivity contribution in [3.05, 3.63) is 18.2 Å². The summed E-state index contributed by atoms with van der Waals surface area (Å²) in [5.74, 6) is 0.209. The van der Waals surface area contributed by atoms with Crippen LogP contribution in [0.15, 0.2) is 18.2 Å². The molecule has 3 aliphatic heterocycles. The second kappa shape index (κ2) is 7.70. The van der Waals surface area contributed by atoms with Crippen LogP contribution in [0.1, 0.15) is 33.6 Å². The summed E-state index contributed by atoms with van der Waals surface area (Å²) in [5.41, 5.74) is 1.23. The summed E-state index contributed by atoms with van der Waals surface area (Å²) in [6.07, 6.45) is 0.503. The van der Waals surface area contributed by atoms with E-state index in [-0.39, 0.29) is 23.9 Å². The van der Waals surface area contributed by atoms with Crippen molar-refractivity contribution in [3.8, 4) is 5.75 Å². The van der Waals surface area contributed by atoms with Gasteiger partial charge in [0.2, 0.25) is 11.8 Å². The van der Waals surface area contributed by atoms with Crippen LogP contribution in [0.3, 0.4) is 0 Å². The Hall–Kier alpha value is -2.97. The molecule has 2 atom stereocenters. The van der Waals surface area contributed by atoms with E-state index < -0.39 is 11.6 Å². The molecule has 0 saturated carbocycles. The van der Waals surface area contributed by atoms with Crippen molar-refractivity contribution in [2.45, 2.75) is 51.3 Å². The molecular weight excluding hydrogens is 388 g/mol. The van der Waals surface area contributed by atoms with Gasteiger partial charge in [0, 0.05) is 37.8 Å². The van der Waals surface area contributed by atoms with Crippen LogP contribution in [-0.4, -0.2) is 66.7 Å². The average molecular weight is 416 g/mol. The quantitative estimate of drug-likeness (QED) is 0.708. The number of ether oxygens (including phenoxy) is 2. The van der Waals surface area contributed by atoms with Gasteiger partial charge in [-0.05, 0) is 39.3 Å². The van der Waals surface area contributed by atoms with Crippen LogP contribution >= 0.6 is 0 Å². The molecular formula is C21H28N4O5. The highest BCUT2D eigenvalue weighted by Gasteiger charge is 2.36. The highest BCUT2D eigenvalue weighted by Crippen LogP contribution is 2.37. The lowest BCUT2D eigenvalue weighted by atomic mass is 10.0. The maximum Gasteiger partial charge on any atom is 0.410 e. The zero-order valence-electron chi connectivity index (χ0n) is 17.6. The number of hydrogen-bond donors (Lipinski definition) is 2. The zero-order valence-corrected chi connectivity index (χ0v) is 17.6. The number of benzene rings is 1. The molecule has 2 saturated heterocycles. The first kappa shape index (κ1) is 20.3. The lowest BCUT2D eigenvalue weighted by Gasteiger charge is -2.45. The first-order valence-electron chi connectivity index (χ1n) is 10.3. The highest BCUT2D eigenvalue weighted by atomic mass is 16.6. The summed E-state index contributed by atoms with van der Waals surface area (Å²) in [6, 6.07) is 5.39. The fourth-order valence-corrected chi connectivity index (χ4v) is 3.98. The first-order chi connectivity index (χ1) is 14.2. The van der Waals surface area contributed by atoms with E-state index in [1.54, 1.807) is 4.90 Å². The fraction of sp³-hybridized carbons (Fsp3) is 0.571. The predicted molar refractivity (Wildman–Crippen MR) is 111 cm³/mol. The van der Waals surface area contributed by atoms with Gasteiger partial charge < -0.3 is 24.6 Å². The van der Waals surface area contributed by atoms with Gasteiger partial charge >= 0.3 is 6.09 Å². The lowest BCUT2D eigenvalue weighted by molar-refractivity contribution is -0.133. The monoisotopic (exact) mass is 416 g/mol. The van der Waals surface area contributed by atoms with Crippen LogP contribution in [0, 0.1) is 0 Å². The average Bonchev–Trinajstić information content (AvgIpc) is 2.68. The molecule has 1 aromatic rings. The van der Waals surface area contributed by atoms with Gasteiger partial charge in [-0.1, -0.05) is 0 Å². The molecule has 3 heterocycles. The molecule has 4 rings (SSSR count). The number of fused-ring (bicyclic) bond motifs is 3. The van der Waals surface area contributed by atoms with E-state index in [1.807, 2.05) is 39.0 Å². The van der Waals surface area contributed by atoms with Crippen molar-refractivity contribution in [1.82, 2.24) is 10.2 Å². The van der Waals surface area contributed by atoms with Gasteiger partial charge in [-0.3, -0.25) is 14.9 Å². The minimum Gasteiger partial charge on any atom is -0.489 e. The Balaban J connectivity index is 1.42. The molecule has 2 fully saturated rings. The first-order valence-corrected chi connectivity index (χ1v) is 10.3. The molecule has 3 aliphatic rings. The van der Waals surface area contributed by atoms with Gasteiger partial charge in [-0.25, -0.2) is 4.79 Å². The van der Waals surface area contributed by atoms with Crippen molar-refractivity contribution >= 4 is 29.3 Å². The molecule has 9 nitrogen and oxygen atoms in total. The van der Waals surface area contributed by atoms with E-state index >= 15 is 0 Å². The molecule has 0 spiro atoms. The Morgan fingerprint density at radius 3 is 2.80 bits per heavy atom. The summed E-state index contributed by atoms with van der Waals surface area (Å²) in [6.45, 7) is 7.88. The van der Waals surface area contributed by atoms with Crippen molar-refractivity contribution in [3.63, 3.8) is 0 Å². The van der Waals surface area contributed by atoms with E-state index in [0.717, 1.165) is 17.1 Å². The number of nitrogens with zero attached hydrogens (tertiary/aromatic N) is 2. The van der Waals surface area contributed by atoms with E-state index in [9.17, 15) is 14.4 Å². The van der Waals surface area contributed by atoms with Crippen LogP contribution in [0.2, 0.25) is 0 Å². The van der Waals surface area contributed by atoms with E-state index in [1.165, 1.54) is 0 Å². The molecule has 9 heteroatoms. The van der Waals surface area contributed by atoms with Gasteiger partial charge in [-0.2, -0.15) is 0 Å². The third-order valence-electron chi connectivity index (χ3n) is 5.41. The third-order valence-corrected chi connectivity index (χ3v) is 5.41. The normalized spacial score (nSPS) is 23.7. The fourth-order valence-electron chi connectivity index (χ4n) is 3.98. The van der Waals surface area contributed by atoms with Gasteiger partial charge in [0.15, 0.2) is 0 Å². The molecule has 2 N–H and O–H groups in total. The number of nitrogens with one attached hydrogen (secondary N) is 2. The van der Waals surface area contributed by atoms with Crippen molar-refractivity contribution in [1.29, 1.82) is 0 Å². The molecule has 162 valence electrons. The van der Waals surface area contributed by atoms with Gasteiger partial charge in [0.1, 0.15) is 24.0 Å². The van der Waals surface area contributed by atoms with Gasteiger partial charge in [0.25, 0.3) is 0 Å². The summed E-state index contributed by atoms with van der Waals surface area (Å²) >= 11 is 0. The molecule has 3 amide bonds. The number of amides is 3. The Morgan fingerprint density at radius 1 is 1.27 bits per heavy atom. The Kier molecular flexibility index (Phi) is 5.21. The summed E-state index contributed by atoms with van der Waals surface area (Å²) in [4.78, 5) is 39.7. The number of piperidine rings is 1. The number of rotatable bonds is 2. The third kappa shape index (κ3) is 4.29. The number of imide groups is 1. The number of carbonyl (C=O) groups excluding carboxylic acids is 3. The minimum absolute atomic E-state index is 0.0627.